The van der Waals surface area contributed by atoms with Gasteiger partial charge in [-0.25, -0.2) is 9.97 Å². The van der Waals surface area contributed by atoms with E-state index < -0.39 is 11.6 Å². The fourth-order valence-electron chi connectivity index (χ4n) is 2.63. The highest BCUT2D eigenvalue weighted by Crippen LogP contribution is 2.35. The Morgan fingerprint density at radius 1 is 1.07 bits per heavy atom. The second kappa shape index (κ2) is 9.60. The molecule has 0 atom stereocenters. The summed E-state index contributed by atoms with van der Waals surface area (Å²) in [5.74, 6) is 2.12. The van der Waals surface area contributed by atoms with Crippen molar-refractivity contribution in [3.8, 4) is 0 Å². The first-order valence-corrected chi connectivity index (χ1v) is 9.48. The average Bonchev–Trinajstić information content (AvgIpc) is 3.56. The summed E-state index contributed by atoms with van der Waals surface area (Å²) in [6.07, 6.45) is 6.82. The molecule has 3 aromatic rings. The van der Waals surface area contributed by atoms with Crippen LogP contribution >= 0.6 is 0 Å². The van der Waals surface area contributed by atoms with E-state index in [1.54, 1.807) is 36.8 Å². The van der Waals surface area contributed by atoms with Gasteiger partial charge < -0.3 is 10.6 Å². The first-order chi connectivity index (χ1) is 14.1. The van der Waals surface area contributed by atoms with Gasteiger partial charge in [0.25, 0.3) is 0 Å². The molecule has 1 aliphatic carbocycles. The van der Waals surface area contributed by atoms with Crippen molar-refractivity contribution >= 4 is 40.5 Å². The van der Waals surface area contributed by atoms with Gasteiger partial charge in [0.2, 0.25) is 0 Å². The number of anilines is 4. The number of nitrogens with zero attached hydrogens (tertiary/aromatic N) is 4. The summed E-state index contributed by atoms with van der Waals surface area (Å²) in [5, 5.41) is 14.2. The van der Waals surface area contributed by atoms with Gasteiger partial charge in [-0.2, -0.15) is 13.5 Å². The summed E-state index contributed by atoms with van der Waals surface area (Å²) in [6.45, 7) is 1.97. The van der Waals surface area contributed by atoms with E-state index in [-0.39, 0.29) is 11.7 Å². The molecule has 0 saturated heterocycles. The molecule has 9 nitrogen and oxygen atoms in total. The van der Waals surface area contributed by atoms with E-state index in [4.69, 9.17) is 8.42 Å². The van der Waals surface area contributed by atoms with Crippen LogP contribution in [0.15, 0.2) is 48.9 Å². The van der Waals surface area contributed by atoms with Crippen molar-refractivity contribution in [2.75, 3.05) is 10.6 Å². The van der Waals surface area contributed by atoms with Gasteiger partial charge in [0.05, 0.1) is 11.3 Å². The Morgan fingerprint density at radius 3 is 2.48 bits per heavy atom. The fraction of sp³-hybridized carbons (Fsp3) is 0.211. The molecule has 3 aromatic heterocycles. The maximum absolute atomic E-state index is 12.6. The smallest absolute Gasteiger partial charge is 0.335 e. The molecule has 0 aliphatic heterocycles. The van der Waals surface area contributed by atoms with E-state index in [9.17, 15) is 4.79 Å². The molecule has 148 valence electrons. The molecular weight excluding hydrogens is 392 g/mol. The molecule has 29 heavy (non-hydrogen) atoms. The third-order valence-corrected chi connectivity index (χ3v) is 4.21. The standard InChI is InChI=1S/C19H18N6O.O2S/c1-12-4-2-8-20-19(12)23-15-10-17(24-16-5-3-9-22-25-16)21-11-14(15)18(26)13-6-7-13;1-3-2/h2-5,8-11,13H,6-7H2,1H3,(H2,20,21,23,24,25);. The second-order valence-electron chi connectivity index (χ2n) is 6.35. The number of pyridine rings is 2. The number of Topliss-reactive ketones (excluding diaryl/α,β-unsaturated/α-hetero) is 1. The van der Waals surface area contributed by atoms with E-state index in [0.717, 1.165) is 18.4 Å². The van der Waals surface area contributed by atoms with Gasteiger partial charge in [0, 0.05) is 30.6 Å². The minimum Gasteiger partial charge on any atom is -0.339 e. The van der Waals surface area contributed by atoms with Crippen molar-refractivity contribution in [2.45, 2.75) is 19.8 Å². The fourth-order valence-corrected chi connectivity index (χ4v) is 2.63. The van der Waals surface area contributed by atoms with Crippen LogP contribution in [0.5, 0.6) is 0 Å². The largest absolute Gasteiger partial charge is 0.339 e. The topological polar surface area (TPSA) is 127 Å². The Morgan fingerprint density at radius 2 is 1.83 bits per heavy atom. The Hall–Kier alpha value is -3.53. The number of aromatic nitrogens is 4. The van der Waals surface area contributed by atoms with Crippen LogP contribution in [0.4, 0.5) is 23.1 Å². The van der Waals surface area contributed by atoms with Crippen LogP contribution in [0.1, 0.15) is 28.8 Å². The van der Waals surface area contributed by atoms with Crippen molar-refractivity contribution < 1.29 is 13.2 Å². The summed E-state index contributed by atoms with van der Waals surface area (Å²) in [6, 6.07) is 9.24. The molecule has 1 saturated carbocycles. The summed E-state index contributed by atoms with van der Waals surface area (Å²) >= 11 is -0.750. The average molecular weight is 410 g/mol. The molecule has 0 amide bonds. The molecule has 1 aliphatic rings. The van der Waals surface area contributed by atoms with Crippen molar-refractivity contribution in [1.29, 1.82) is 0 Å². The molecule has 1 fully saturated rings. The second-order valence-corrected chi connectivity index (χ2v) is 6.49. The van der Waals surface area contributed by atoms with E-state index >= 15 is 0 Å². The van der Waals surface area contributed by atoms with Crippen molar-refractivity contribution in [2.24, 2.45) is 5.92 Å². The van der Waals surface area contributed by atoms with Crippen molar-refractivity contribution in [3.63, 3.8) is 0 Å². The van der Waals surface area contributed by atoms with Gasteiger partial charge in [0.15, 0.2) is 11.6 Å². The maximum Gasteiger partial charge on any atom is 0.335 e. The van der Waals surface area contributed by atoms with Gasteiger partial charge in [-0.15, -0.1) is 5.10 Å². The van der Waals surface area contributed by atoms with Crippen molar-refractivity contribution in [1.82, 2.24) is 20.2 Å². The monoisotopic (exact) mass is 410 g/mol. The van der Waals surface area contributed by atoms with Crippen LogP contribution in [0.2, 0.25) is 0 Å². The predicted molar refractivity (Wildman–Crippen MR) is 108 cm³/mol. The number of ketones is 1. The molecule has 10 heteroatoms. The van der Waals surface area contributed by atoms with E-state index in [1.165, 1.54) is 0 Å². The Balaban J connectivity index is 0.000000755. The van der Waals surface area contributed by atoms with Gasteiger partial charge in [-0.1, -0.05) is 6.07 Å². The number of hydrogen-bond donors (Lipinski definition) is 2. The van der Waals surface area contributed by atoms with Crippen LogP contribution in [0.3, 0.4) is 0 Å². The lowest BCUT2D eigenvalue weighted by Crippen LogP contribution is -2.09. The summed E-state index contributed by atoms with van der Waals surface area (Å²) in [7, 11) is 0. The zero-order chi connectivity index (χ0) is 20.6. The lowest BCUT2D eigenvalue weighted by Gasteiger charge is -2.14. The molecule has 4 rings (SSSR count). The van der Waals surface area contributed by atoms with Gasteiger partial charge in [0.1, 0.15) is 11.6 Å². The van der Waals surface area contributed by atoms with Gasteiger partial charge in [-0.3, -0.25) is 4.79 Å². The molecule has 0 radical (unpaired) electrons. The molecular formula is C19H18N6O3S. The first kappa shape index (κ1) is 20.2. The Bertz CT molecular complexity index is 1040. The van der Waals surface area contributed by atoms with Crippen molar-refractivity contribution in [3.05, 3.63) is 60.0 Å². The molecule has 0 spiro atoms. The molecule has 0 bridgehead atoms. The third-order valence-electron chi connectivity index (χ3n) is 4.21. The zero-order valence-corrected chi connectivity index (χ0v) is 16.3. The summed E-state index contributed by atoms with van der Waals surface area (Å²) in [5.41, 5.74) is 2.27. The number of carbonyl (C=O) groups is 1. The predicted octanol–water partition coefficient (Wildman–Crippen LogP) is 2.98. The highest BCUT2D eigenvalue weighted by molar-refractivity contribution is 7.51. The van der Waals surface area contributed by atoms with Crippen LogP contribution in [-0.4, -0.2) is 34.4 Å². The van der Waals surface area contributed by atoms with Crippen LogP contribution in [0.25, 0.3) is 0 Å². The van der Waals surface area contributed by atoms with E-state index in [2.05, 4.69) is 30.8 Å². The van der Waals surface area contributed by atoms with Crippen LogP contribution in [-0.2, 0) is 11.6 Å². The normalized spacial score (nSPS) is 12.3. The SMILES string of the molecule is Cc1cccnc1Nc1cc(Nc2cccnn2)ncc1C(=O)C1CC1.O=S=O. The third kappa shape index (κ3) is 5.48. The van der Waals surface area contributed by atoms with Gasteiger partial charge >= 0.3 is 11.6 Å². The molecule has 2 N–H and O–H groups in total. The number of rotatable bonds is 6. The quantitative estimate of drug-likeness (QED) is 0.589. The van der Waals surface area contributed by atoms with E-state index in [0.29, 0.717) is 28.7 Å². The highest BCUT2D eigenvalue weighted by Gasteiger charge is 2.32. The number of aryl methyl sites for hydroxylation is 1. The number of carbonyl (C=O) groups excluding carboxylic acids is 1. The number of hydrogen-bond acceptors (Lipinski definition) is 9. The summed E-state index contributed by atoms with van der Waals surface area (Å²) < 4.78 is 16.6. The molecule has 0 unspecified atom stereocenters. The lowest BCUT2D eigenvalue weighted by molar-refractivity contribution is 0.0968. The van der Waals surface area contributed by atoms with Crippen LogP contribution < -0.4 is 10.6 Å². The minimum atomic E-state index is -0.750. The summed E-state index contributed by atoms with van der Waals surface area (Å²) in [4.78, 5) is 21.4. The maximum atomic E-state index is 12.6. The minimum absolute atomic E-state index is 0.112. The Kier molecular flexibility index (Phi) is 6.69. The molecule has 3 heterocycles. The lowest BCUT2D eigenvalue weighted by atomic mass is 10.1. The number of nitrogens with one attached hydrogen (secondary N) is 2. The highest BCUT2D eigenvalue weighted by atomic mass is 32.1. The molecule has 0 aromatic carbocycles. The van der Waals surface area contributed by atoms with Gasteiger partial charge in [-0.05, 0) is 43.5 Å². The van der Waals surface area contributed by atoms with E-state index in [1.807, 2.05) is 19.1 Å². The Labute approximate surface area is 170 Å². The van der Waals surface area contributed by atoms with Crippen LogP contribution in [0, 0.1) is 12.8 Å². The zero-order valence-electron chi connectivity index (χ0n) is 15.5. The first-order valence-electron chi connectivity index (χ1n) is 8.81.